The second kappa shape index (κ2) is 9.15. The van der Waals surface area contributed by atoms with Crippen LogP contribution in [0, 0.1) is 0 Å². The summed E-state index contributed by atoms with van der Waals surface area (Å²) in [6.45, 7) is 2.11. The second-order valence-corrected chi connectivity index (χ2v) is 8.13. The Labute approximate surface area is 173 Å². The highest BCUT2D eigenvalue weighted by Gasteiger charge is 2.25. The van der Waals surface area contributed by atoms with Crippen LogP contribution in [0.1, 0.15) is 33.8 Å². The number of ether oxygens (including phenoxy) is 1. The van der Waals surface area contributed by atoms with Gasteiger partial charge in [0.1, 0.15) is 5.69 Å². The van der Waals surface area contributed by atoms with Gasteiger partial charge in [0.2, 0.25) is 0 Å². The first-order chi connectivity index (χ1) is 14.2. The molecular weight excluding hydrogens is 386 g/mol. The minimum atomic E-state index is -0.227. The topological polar surface area (TPSA) is 64.4 Å². The van der Waals surface area contributed by atoms with E-state index in [0.717, 1.165) is 29.9 Å². The summed E-state index contributed by atoms with van der Waals surface area (Å²) in [4.78, 5) is 28.4. The standard InChI is InChI=1S/C22H23N3O3S/c26-21-11-10-20(23-25(21)14-17-6-2-1-3-7-17)22(27)24(15-18-8-4-12-28-18)16-19-9-5-13-29-19/h1-3,5-7,9-11,13,18H,4,8,12,14-16H2. The molecule has 4 rings (SSSR count). The van der Waals surface area contributed by atoms with Crippen molar-refractivity contribution in [3.63, 3.8) is 0 Å². The highest BCUT2D eigenvalue weighted by Crippen LogP contribution is 2.18. The van der Waals surface area contributed by atoms with Crippen LogP contribution in [-0.4, -0.2) is 39.8 Å². The van der Waals surface area contributed by atoms with Crippen LogP contribution in [-0.2, 0) is 17.8 Å². The lowest BCUT2D eigenvalue weighted by molar-refractivity contribution is 0.0503. The summed E-state index contributed by atoms with van der Waals surface area (Å²) in [6, 6.07) is 16.6. The molecule has 1 saturated heterocycles. The van der Waals surface area contributed by atoms with Gasteiger partial charge in [0.15, 0.2) is 0 Å². The molecule has 1 aliphatic rings. The molecule has 0 spiro atoms. The van der Waals surface area contributed by atoms with E-state index in [0.29, 0.717) is 19.6 Å². The Morgan fingerprint density at radius 2 is 2.03 bits per heavy atom. The Morgan fingerprint density at radius 1 is 1.17 bits per heavy atom. The van der Waals surface area contributed by atoms with Crippen molar-refractivity contribution in [1.82, 2.24) is 14.7 Å². The lowest BCUT2D eigenvalue weighted by Crippen LogP contribution is -2.38. The van der Waals surface area contributed by atoms with Gasteiger partial charge in [-0.15, -0.1) is 11.3 Å². The summed E-state index contributed by atoms with van der Waals surface area (Å²) >= 11 is 1.62. The van der Waals surface area contributed by atoms with Gasteiger partial charge in [0.05, 0.1) is 19.2 Å². The summed E-state index contributed by atoms with van der Waals surface area (Å²) in [5, 5.41) is 6.37. The molecule has 1 unspecified atom stereocenters. The number of rotatable bonds is 7. The van der Waals surface area contributed by atoms with E-state index in [9.17, 15) is 9.59 Å². The van der Waals surface area contributed by atoms with Crippen molar-refractivity contribution in [2.24, 2.45) is 0 Å². The van der Waals surface area contributed by atoms with Crippen molar-refractivity contribution < 1.29 is 9.53 Å². The predicted octanol–water partition coefficient (Wildman–Crippen LogP) is 3.17. The fourth-order valence-corrected chi connectivity index (χ4v) is 4.16. The minimum Gasteiger partial charge on any atom is -0.376 e. The molecule has 1 amide bonds. The van der Waals surface area contributed by atoms with Crippen LogP contribution >= 0.6 is 11.3 Å². The van der Waals surface area contributed by atoms with Gasteiger partial charge in [0.25, 0.3) is 11.5 Å². The number of hydrogen-bond acceptors (Lipinski definition) is 5. The molecule has 2 aromatic heterocycles. The molecule has 0 bridgehead atoms. The third-order valence-electron chi connectivity index (χ3n) is 4.92. The van der Waals surface area contributed by atoms with Crippen molar-refractivity contribution in [1.29, 1.82) is 0 Å². The Bertz CT molecular complexity index is 996. The minimum absolute atomic E-state index is 0.0501. The number of nitrogens with zero attached hydrogens (tertiary/aromatic N) is 3. The van der Waals surface area contributed by atoms with E-state index in [1.54, 1.807) is 16.2 Å². The molecule has 1 aromatic carbocycles. The first-order valence-corrected chi connectivity index (χ1v) is 10.6. The van der Waals surface area contributed by atoms with Gasteiger partial charge >= 0.3 is 0 Å². The van der Waals surface area contributed by atoms with Crippen molar-refractivity contribution in [3.8, 4) is 0 Å². The van der Waals surface area contributed by atoms with Gasteiger partial charge in [-0.1, -0.05) is 36.4 Å². The molecule has 0 aliphatic carbocycles. The first kappa shape index (κ1) is 19.5. The van der Waals surface area contributed by atoms with Gasteiger partial charge in [0, 0.05) is 24.1 Å². The van der Waals surface area contributed by atoms with Gasteiger partial charge in [-0.2, -0.15) is 5.10 Å². The number of benzene rings is 1. The molecule has 7 heteroatoms. The summed E-state index contributed by atoms with van der Waals surface area (Å²) in [5.41, 5.74) is 1.01. The van der Waals surface area contributed by atoms with Crippen molar-refractivity contribution in [2.45, 2.75) is 32.0 Å². The summed E-state index contributed by atoms with van der Waals surface area (Å²) < 4.78 is 7.09. The van der Waals surface area contributed by atoms with Gasteiger partial charge in [-0.3, -0.25) is 9.59 Å². The molecule has 1 fully saturated rings. The van der Waals surface area contributed by atoms with E-state index < -0.39 is 0 Å². The van der Waals surface area contributed by atoms with E-state index in [1.807, 2.05) is 47.8 Å². The fourth-order valence-electron chi connectivity index (χ4n) is 3.44. The van der Waals surface area contributed by atoms with Gasteiger partial charge in [-0.25, -0.2) is 4.68 Å². The van der Waals surface area contributed by atoms with E-state index in [4.69, 9.17) is 4.74 Å². The maximum atomic E-state index is 13.3. The van der Waals surface area contributed by atoms with Crippen molar-refractivity contribution >= 4 is 17.2 Å². The molecule has 0 saturated carbocycles. The number of hydrogen-bond donors (Lipinski definition) is 0. The summed E-state index contributed by atoms with van der Waals surface area (Å²) in [7, 11) is 0. The zero-order chi connectivity index (χ0) is 20.1. The average molecular weight is 410 g/mol. The number of amides is 1. The smallest absolute Gasteiger partial charge is 0.274 e. The Morgan fingerprint density at radius 3 is 2.76 bits per heavy atom. The zero-order valence-electron chi connectivity index (χ0n) is 16.1. The molecular formula is C22H23N3O3S. The van der Waals surface area contributed by atoms with Crippen LogP contribution in [0.2, 0.25) is 0 Å². The quantitative estimate of drug-likeness (QED) is 0.601. The SMILES string of the molecule is O=C(c1ccc(=O)n(Cc2ccccc2)n1)N(Cc1cccs1)CC1CCCO1. The van der Waals surface area contributed by atoms with Crippen LogP contribution < -0.4 is 5.56 Å². The molecule has 3 aromatic rings. The maximum absolute atomic E-state index is 13.3. The number of carbonyl (C=O) groups excluding carboxylic acids is 1. The molecule has 3 heterocycles. The van der Waals surface area contributed by atoms with Crippen LogP contribution in [0.3, 0.4) is 0 Å². The van der Waals surface area contributed by atoms with Crippen LogP contribution in [0.5, 0.6) is 0 Å². The Hall–Kier alpha value is -2.77. The maximum Gasteiger partial charge on any atom is 0.274 e. The fraction of sp³-hybridized carbons (Fsp3) is 0.318. The third-order valence-corrected chi connectivity index (χ3v) is 5.78. The van der Waals surface area contributed by atoms with E-state index in [2.05, 4.69) is 5.10 Å². The monoisotopic (exact) mass is 409 g/mol. The molecule has 0 radical (unpaired) electrons. The first-order valence-electron chi connectivity index (χ1n) is 9.74. The lowest BCUT2D eigenvalue weighted by Gasteiger charge is -2.25. The van der Waals surface area contributed by atoms with Gasteiger partial charge < -0.3 is 9.64 Å². The number of carbonyl (C=O) groups is 1. The van der Waals surface area contributed by atoms with E-state index in [-0.39, 0.29) is 23.3 Å². The summed E-state index contributed by atoms with van der Waals surface area (Å²) in [5.74, 6) is -0.185. The molecule has 1 atom stereocenters. The number of thiophene rings is 1. The predicted molar refractivity (Wildman–Crippen MR) is 112 cm³/mol. The summed E-state index contributed by atoms with van der Waals surface area (Å²) in [6.07, 6.45) is 2.02. The van der Waals surface area contributed by atoms with Crippen molar-refractivity contribution in [2.75, 3.05) is 13.2 Å². The lowest BCUT2D eigenvalue weighted by atomic mass is 10.2. The number of aromatic nitrogens is 2. The average Bonchev–Trinajstić information content (AvgIpc) is 3.44. The Balaban J connectivity index is 1.57. The molecule has 150 valence electrons. The third kappa shape index (κ3) is 4.99. The molecule has 6 nitrogen and oxygen atoms in total. The van der Waals surface area contributed by atoms with Crippen molar-refractivity contribution in [3.05, 3.63) is 86.5 Å². The van der Waals surface area contributed by atoms with Crippen LogP contribution in [0.4, 0.5) is 0 Å². The van der Waals surface area contributed by atoms with Crippen LogP contribution in [0.25, 0.3) is 0 Å². The van der Waals surface area contributed by atoms with E-state index in [1.165, 1.54) is 16.8 Å². The van der Waals surface area contributed by atoms with Gasteiger partial charge in [-0.05, 0) is 35.9 Å². The Kier molecular flexibility index (Phi) is 6.17. The second-order valence-electron chi connectivity index (χ2n) is 7.10. The normalized spacial score (nSPS) is 16.1. The highest BCUT2D eigenvalue weighted by atomic mass is 32.1. The largest absolute Gasteiger partial charge is 0.376 e. The zero-order valence-corrected chi connectivity index (χ0v) is 16.9. The molecule has 1 aliphatic heterocycles. The molecule has 0 N–H and O–H groups in total. The highest BCUT2D eigenvalue weighted by molar-refractivity contribution is 7.09. The van der Waals surface area contributed by atoms with Crippen LogP contribution in [0.15, 0.2) is 64.8 Å². The van der Waals surface area contributed by atoms with E-state index >= 15 is 0 Å². The molecule has 29 heavy (non-hydrogen) atoms.